The maximum absolute atomic E-state index is 11.9. The lowest BCUT2D eigenvalue weighted by Crippen LogP contribution is -2.20. The molecule has 4 heteroatoms. The summed E-state index contributed by atoms with van der Waals surface area (Å²) in [5.41, 5.74) is 1.91. The van der Waals surface area contributed by atoms with Gasteiger partial charge in [-0.05, 0) is 54.8 Å². The third-order valence-corrected chi connectivity index (χ3v) is 3.29. The summed E-state index contributed by atoms with van der Waals surface area (Å²) < 4.78 is 11.0. The third kappa shape index (κ3) is 5.66. The topological polar surface area (TPSA) is 47.6 Å². The lowest BCUT2D eigenvalue weighted by atomic mass is 10.2. The van der Waals surface area contributed by atoms with Crippen LogP contribution in [0.2, 0.25) is 0 Å². The van der Waals surface area contributed by atoms with Crippen LogP contribution in [-0.2, 0) is 11.2 Å². The predicted molar refractivity (Wildman–Crippen MR) is 92.2 cm³/mol. The SMILES string of the molecule is CCCOc1ccc(NC(=O)COc2cccc(CC)c2)cc1. The van der Waals surface area contributed by atoms with Crippen LogP contribution in [0.5, 0.6) is 11.5 Å². The van der Waals surface area contributed by atoms with Crippen molar-refractivity contribution in [3.63, 3.8) is 0 Å². The number of rotatable bonds is 8. The lowest BCUT2D eigenvalue weighted by molar-refractivity contribution is -0.118. The number of anilines is 1. The molecular weight excluding hydrogens is 290 g/mol. The first-order valence-corrected chi connectivity index (χ1v) is 7.95. The van der Waals surface area contributed by atoms with Crippen molar-refractivity contribution in [2.45, 2.75) is 26.7 Å². The normalized spacial score (nSPS) is 10.2. The van der Waals surface area contributed by atoms with Crippen molar-refractivity contribution >= 4 is 11.6 Å². The van der Waals surface area contributed by atoms with Crippen molar-refractivity contribution in [1.29, 1.82) is 0 Å². The van der Waals surface area contributed by atoms with Gasteiger partial charge >= 0.3 is 0 Å². The van der Waals surface area contributed by atoms with Gasteiger partial charge in [0.15, 0.2) is 6.61 Å². The van der Waals surface area contributed by atoms with Gasteiger partial charge in [-0.1, -0.05) is 26.0 Å². The van der Waals surface area contributed by atoms with Crippen LogP contribution in [0, 0.1) is 0 Å². The minimum Gasteiger partial charge on any atom is -0.494 e. The van der Waals surface area contributed by atoms with E-state index < -0.39 is 0 Å². The van der Waals surface area contributed by atoms with E-state index in [1.54, 1.807) is 0 Å². The summed E-state index contributed by atoms with van der Waals surface area (Å²) in [6.07, 6.45) is 1.91. The fourth-order valence-electron chi connectivity index (χ4n) is 2.06. The zero-order valence-electron chi connectivity index (χ0n) is 13.7. The van der Waals surface area contributed by atoms with E-state index in [1.165, 1.54) is 5.56 Å². The Labute approximate surface area is 137 Å². The molecule has 0 atom stereocenters. The average molecular weight is 313 g/mol. The Hall–Kier alpha value is -2.49. The lowest BCUT2D eigenvalue weighted by Gasteiger charge is -2.09. The van der Waals surface area contributed by atoms with Gasteiger partial charge in [-0.3, -0.25) is 4.79 Å². The Bertz CT molecular complexity index is 623. The summed E-state index contributed by atoms with van der Waals surface area (Å²) in [5, 5.41) is 2.80. The molecule has 2 aromatic carbocycles. The molecule has 0 saturated heterocycles. The van der Waals surface area contributed by atoms with E-state index in [2.05, 4.69) is 19.2 Å². The van der Waals surface area contributed by atoms with Crippen LogP contribution < -0.4 is 14.8 Å². The highest BCUT2D eigenvalue weighted by molar-refractivity contribution is 5.91. The molecule has 0 aliphatic heterocycles. The van der Waals surface area contributed by atoms with Gasteiger partial charge in [-0.25, -0.2) is 0 Å². The summed E-state index contributed by atoms with van der Waals surface area (Å²) in [6, 6.07) is 15.1. The van der Waals surface area contributed by atoms with Gasteiger partial charge in [0.2, 0.25) is 0 Å². The number of aryl methyl sites for hydroxylation is 1. The largest absolute Gasteiger partial charge is 0.494 e. The van der Waals surface area contributed by atoms with Gasteiger partial charge in [0.1, 0.15) is 11.5 Å². The van der Waals surface area contributed by atoms with E-state index in [0.29, 0.717) is 12.4 Å². The van der Waals surface area contributed by atoms with Crippen LogP contribution in [0.3, 0.4) is 0 Å². The number of carbonyl (C=O) groups excluding carboxylic acids is 1. The molecule has 2 rings (SSSR count). The third-order valence-electron chi connectivity index (χ3n) is 3.29. The zero-order valence-corrected chi connectivity index (χ0v) is 13.7. The summed E-state index contributed by atoms with van der Waals surface area (Å²) in [7, 11) is 0. The highest BCUT2D eigenvalue weighted by Gasteiger charge is 2.04. The van der Waals surface area contributed by atoms with Gasteiger partial charge in [0, 0.05) is 5.69 Å². The molecule has 122 valence electrons. The quantitative estimate of drug-likeness (QED) is 0.799. The number of hydrogen-bond donors (Lipinski definition) is 1. The molecule has 0 radical (unpaired) electrons. The maximum Gasteiger partial charge on any atom is 0.262 e. The fraction of sp³-hybridized carbons (Fsp3) is 0.316. The van der Waals surface area contributed by atoms with Crippen LogP contribution in [-0.4, -0.2) is 19.1 Å². The fourth-order valence-corrected chi connectivity index (χ4v) is 2.06. The van der Waals surface area contributed by atoms with Crippen molar-refractivity contribution in [3.05, 3.63) is 54.1 Å². The number of benzene rings is 2. The van der Waals surface area contributed by atoms with Gasteiger partial charge in [-0.15, -0.1) is 0 Å². The predicted octanol–water partition coefficient (Wildman–Crippen LogP) is 4.06. The van der Waals surface area contributed by atoms with Gasteiger partial charge in [0.05, 0.1) is 6.61 Å². The van der Waals surface area contributed by atoms with E-state index >= 15 is 0 Å². The van der Waals surface area contributed by atoms with Crippen molar-refractivity contribution in [2.24, 2.45) is 0 Å². The molecule has 0 bridgehead atoms. The first kappa shape index (κ1) is 16.9. The maximum atomic E-state index is 11.9. The monoisotopic (exact) mass is 313 g/mol. The molecule has 0 unspecified atom stereocenters. The molecule has 1 amide bonds. The van der Waals surface area contributed by atoms with E-state index in [0.717, 1.165) is 24.3 Å². The van der Waals surface area contributed by atoms with Crippen molar-refractivity contribution in [2.75, 3.05) is 18.5 Å². The Morgan fingerprint density at radius 2 is 1.78 bits per heavy atom. The number of ether oxygens (including phenoxy) is 2. The van der Waals surface area contributed by atoms with Crippen molar-refractivity contribution in [1.82, 2.24) is 0 Å². The Morgan fingerprint density at radius 1 is 1.00 bits per heavy atom. The van der Waals surface area contributed by atoms with E-state index in [4.69, 9.17) is 9.47 Å². The molecule has 0 aromatic heterocycles. The van der Waals surface area contributed by atoms with Crippen LogP contribution in [0.1, 0.15) is 25.8 Å². The number of nitrogens with one attached hydrogen (secondary N) is 1. The molecule has 0 heterocycles. The number of hydrogen-bond acceptors (Lipinski definition) is 3. The van der Waals surface area contributed by atoms with Crippen molar-refractivity contribution in [3.8, 4) is 11.5 Å². The Kier molecular flexibility index (Phi) is 6.48. The molecular formula is C19H23NO3. The molecule has 0 aliphatic carbocycles. The van der Waals surface area contributed by atoms with E-state index in [-0.39, 0.29) is 12.5 Å². The average Bonchev–Trinajstić information content (AvgIpc) is 2.59. The van der Waals surface area contributed by atoms with Gasteiger partial charge in [0.25, 0.3) is 5.91 Å². The molecule has 1 N–H and O–H groups in total. The van der Waals surface area contributed by atoms with Crippen LogP contribution >= 0.6 is 0 Å². The smallest absolute Gasteiger partial charge is 0.262 e. The molecule has 4 nitrogen and oxygen atoms in total. The van der Waals surface area contributed by atoms with Crippen LogP contribution in [0.25, 0.3) is 0 Å². The summed E-state index contributed by atoms with van der Waals surface area (Å²) >= 11 is 0. The second-order valence-corrected chi connectivity index (χ2v) is 5.21. The van der Waals surface area contributed by atoms with Crippen LogP contribution in [0.4, 0.5) is 5.69 Å². The molecule has 2 aromatic rings. The van der Waals surface area contributed by atoms with Crippen LogP contribution in [0.15, 0.2) is 48.5 Å². The molecule has 0 spiro atoms. The molecule has 0 aliphatic rings. The highest BCUT2D eigenvalue weighted by Crippen LogP contribution is 2.16. The number of amides is 1. The highest BCUT2D eigenvalue weighted by atomic mass is 16.5. The molecule has 0 saturated carbocycles. The second-order valence-electron chi connectivity index (χ2n) is 5.21. The van der Waals surface area contributed by atoms with Crippen molar-refractivity contribution < 1.29 is 14.3 Å². The number of carbonyl (C=O) groups is 1. The molecule has 0 fully saturated rings. The standard InChI is InChI=1S/C19H23NO3/c1-3-12-22-17-10-8-16(9-11-17)20-19(21)14-23-18-7-5-6-15(4-2)13-18/h5-11,13H,3-4,12,14H2,1-2H3,(H,20,21). The zero-order chi connectivity index (χ0) is 16.5. The van der Waals surface area contributed by atoms with Gasteiger partial charge in [-0.2, -0.15) is 0 Å². The van der Waals surface area contributed by atoms with E-state index in [9.17, 15) is 4.79 Å². The Balaban J connectivity index is 1.82. The summed E-state index contributed by atoms with van der Waals surface area (Å²) in [5.74, 6) is 1.33. The molecule has 23 heavy (non-hydrogen) atoms. The Morgan fingerprint density at radius 3 is 2.48 bits per heavy atom. The summed E-state index contributed by atoms with van der Waals surface area (Å²) in [4.78, 5) is 11.9. The van der Waals surface area contributed by atoms with Gasteiger partial charge < -0.3 is 14.8 Å². The minimum absolute atomic E-state index is 0.0126. The first-order chi connectivity index (χ1) is 11.2. The first-order valence-electron chi connectivity index (χ1n) is 7.95. The second kappa shape index (κ2) is 8.83. The van der Waals surface area contributed by atoms with E-state index in [1.807, 2.05) is 48.5 Å². The summed E-state index contributed by atoms with van der Waals surface area (Å²) in [6.45, 7) is 4.82. The minimum atomic E-state index is -0.186.